The summed E-state index contributed by atoms with van der Waals surface area (Å²) in [7, 11) is 1.38. The van der Waals surface area contributed by atoms with Crippen LogP contribution in [-0.2, 0) is 9.53 Å². The summed E-state index contributed by atoms with van der Waals surface area (Å²) in [6, 6.07) is 18.8. The molecule has 0 bridgehead atoms. The topological polar surface area (TPSA) is 67.8 Å². The normalized spacial score (nSPS) is 14.4. The molecule has 0 saturated heterocycles. The number of nitrogens with one attached hydrogen (secondary N) is 1. The molecule has 3 atom stereocenters. The average Bonchev–Trinajstić information content (AvgIpc) is 2.67. The quantitative estimate of drug-likeness (QED) is 0.685. The molecule has 0 saturated carbocycles. The van der Waals surface area contributed by atoms with Gasteiger partial charge in [-0.05, 0) is 17.7 Å². The largest absolute Gasteiger partial charge is 0.491 e. The molecule has 5 heteroatoms. The van der Waals surface area contributed by atoms with Crippen molar-refractivity contribution in [2.75, 3.05) is 20.3 Å². The monoisotopic (exact) mass is 343 g/mol. The SMILES string of the molecule is COC(=O)[C@H](C)[C@H](NC[C@@H](O)COc1ccccc1)c1ccccc1. The maximum Gasteiger partial charge on any atom is 0.310 e. The summed E-state index contributed by atoms with van der Waals surface area (Å²) in [5.74, 6) is 0.0371. The predicted molar refractivity (Wildman–Crippen MR) is 96.3 cm³/mol. The van der Waals surface area contributed by atoms with Gasteiger partial charge < -0.3 is 19.9 Å². The Labute approximate surface area is 148 Å². The van der Waals surface area contributed by atoms with Crippen molar-refractivity contribution in [1.29, 1.82) is 0 Å². The maximum atomic E-state index is 11.9. The Kier molecular flexibility index (Phi) is 7.44. The number of rotatable bonds is 9. The number of methoxy groups -OCH3 is 1. The fourth-order valence-electron chi connectivity index (χ4n) is 2.60. The smallest absolute Gasteiger partial charge is 0.310 e. The van der Waals surface area contributed by atoms with E-state index in [0.717, 1.165) is 5.56 Å². The standard InChI is InChI=1S/C20H25NO4/c1-15(20(23)24-2)19(16-9-5-3-6-10-16)21-13-17(22)14-25-18-11-7-4-8-12-18/h3-12,15,17,19,21-22H,13-14H2,1-2H3/t15-,17-,19+/m1/s1. The summed E-state index contributed by atoms with van der Waals surface area (Å²) < 4.78 is 10.4. The third-order valence-corrected chi connectivity index (χ3v) is 3.99. The first-order chi connectivity index (χ1) is 12.1. The van der Waals surface area contributed by atoms with Crippen LogP contribution in [0.4, 0.5) is 0 Å². The van der Waals surface area contributed by atoms with Gasteiger partial charge in [0.1, 0.15) is 18.5 Å². The van der Waals surface area contributed by atoms with Crippen molar-refractivity contribution in [2.45, 2.75) is 19.1 Å². The second-order valence-corrected chi connectivity index (χ2v) is 5.89. The minimum absolute atomic E-state index is 0.172. The predicted octanol–water partition coefficient (Wildman–Crippen LogP) is 2.57. The van der Waals surface area contributed by atoms with Crippen LogP contribution in [0.2, 0.25) is 0 Å². The lowest BCUT2D eigenvalue weighted by atomic mass is 9.94. The van der Waals surface area contributed by atoms with E-state index in [1.165, 1.54) is 7.11 Å². The van der Waals surface area contributed by atoms with Crippen molar-refractivity contribution >= 4 is 5.97 Å². The highest BCUT2D eigenvalue weighted by Gasteiger charge is 2.26. The second kappa shape index (κ2) is 9.81. The highest BCUT2D eigenvalue weighted by Crippen LogP contribution is 2.23. The lowest BCUT2D eigenvalue weighted by molar-refractivity contribution is -0.146. The Bertz CT molecular complexity index is 633. The van der Waals surface area contributed by atoms with E-state index in [2.05, 4.69) is 5.32 Å². The van der Waals surface area contributed by atoms with Crippen LogP contribution >= 0.6 is 0 Å². The van der Waals surface area contributed by atoms with Gasteiger partial charge in [-0.15, -0.1) is 0 Å². The van der Waals surface area contributed by atoms with Gasteiger partial charge in [-0.3, -0.25) is 4.79 Å². The first kappa shape index (κ1) is 19.0. The number of carbonyl (C=O) groups is 1. The fourth-order valence-corrected chi connectivity index (χ4v) is 2.60. The highest BCUT2D eigenvalue weighted by atomic mass is 16.5. The number of aliphatic hydroxyl groups excluding tert-OH is 1. The summed E-state index contributed by atoms with van der Waals surface area (Å²) in [6.07, 6.45) is -0.698. The maximum absolute atomic E-state index is 11.9. The summed E-state index contributed by atoms with van der Waals surface area (Å²) in [4.78, 5) is 11.9. The Morgan fingerprint density at radius 2 is 1.68 bits per heavy atom. The van der Waals surface area contributed by atoms with Crippen molar-refractivity contribution in [3.8, 4) is 5.75 Å². The van der Waals surface area contributed by atoms with Crippen molar-refractivity contribution in [3.63, 3.8) is 0 Å². The molecule has 0 fully saturated rings. The molecular weight excluding hydrogens is 318 g/mol. The third kappa shape index (κ3) is 5.89. The Balaban J connectivity index is 1.93. The highest BCUT2D eigenvalue weighted by molar-refractivity contribution is 5.73. The second-order valence-electron chi connectivity index (χ2n) is 5.89. The Morgan fingerprint density at radius 1 is 1.08 bits per heavy atom. The molecule has 5 nitrogen and oxygen atoms in total. The minimum Gasteiger partial charge on any atom is -0.491 e. The van der Waals surface area contributed by atoms with Gasteiger partial charge in [-0.25, -0.2) is 0 Å². The molecule has 0 aromatic heterocycles. The van der Waals surface area contributed by atoms with Crippen LogP contribution in [0.3, 0.4) is 0 Å². The number of hydrogen-bond acceptors (Lipinski definition) is 5. The van der Waals surface area contributed by atoms with Crippen molar-refractivity contribution in [2.24, 2.45) is 5.92 Å². The molecule has 0 spiro atoms. The molecule has 0 aliphatic rings. The molecule has 0 unspecified atom stereocenters. The van der Waals surface area contributed by atoms with Gasteiger partial charge in [0.05, 0.1) is 13.0 Å². The number of ether oxygens (including phenoxy) is 2. The molecule has 2 aromatic rings. The van der Waals surface area contributed by atoms with E-state index >= 15 is 0 Å². The zero-order valence-corrected chi connectivity index (χ0v) is 14.6. The van der Waals surface area contributed by atoms with Crippen molar-refractivity contribution in [3.05, 3.63) is 66.2 Å². The third-order valence-electron chi connectivity index (χ3n) is 3.99. The fraction of sp³-hybridized carbons (Fsp3) is 0.350. The molecule has 134 valence electrons. The van der Waals surface area contributed by atoms with E-state index in [4.69, 9.17) is 9.47 Å². The van der Waals surface area contributed by atoms with Crippen molar-refractivity contribution in [1.82, 2.24) is 5.32 Å². The number of aliphatic hydroxyl groups is 1. The van der Waals surface area contributed by atoms with Gasteiger partial charge in [-0.1, -0.05) is 55.5 Å². The zero-order chi connectivity index (χ0) is 18.1. The molecule has 0 aliphatic carbocycles. The number of carbonyl (C=O) groups excluding carboxylic acids is 1. The molecule has 0 radical (unpaired) electrons. The van der Waals surface area contributed by atoms with Gasteiger partial charge in [0.15, 0.2) is 0 Å². The van der Waals surface area contributed by atoms with Crippen LogP contribution in [0.25, 0.3) is 0 Å². The van der Waals surface area contributed by atoms with Gasteiger partial charge in [-0.2, -0.15) is 0 Å². The number of para-hydroxylation sites is 1. The number of esters is 1. The molecule has 0 amide bonds. The van der Waals surface area contributed by atoms with Crippen LogP contribution in [-0.4, -0.2) is 37.4 Å². The number of hydrogen-bond donors (Lipinski definition) is 2. The van der Waals surface area contributed by atoms with Gasteiger partial charge >= 0.3 is 5.97 Å². The van der Waals surface area contributed by atoms with E-state index in [1.54, 1.807) is 0 Å². The van der Waals surface area contributed by atoms with Crippen LogP contribution in [0.1, 0.15) is 18.5 Å². The van der Waals surface area contributed by atoms with Gasteiger partial charge in [0.25, 0.3) is 0 Å². The number of benzene rings is 2. The first-order valence-electron chi connectivity index (χ1n) is 8.34. The Hall–Kier alpha value is -2.37. The molecule has 0 heterocycles. The first-order valence-corrected chi connectivity index (χ1v) is 8.34. The minimum atomic E-state index is -0.698. The van der Waals surface area contributed by atoms with E-state index < -0.39 is 6.10 Å². The molecule has 0 aliphatic heterocycles. The summed E-state index contributed by atoms with van der Waals surface area (Å²) in [5.41, 5.74) is 0.969. The van der Waals surface area contributed by atoms with E-state index in [9.17, 15) is 9.90 Å². The van der Waals surface area contributed by atoms with Crippen LogP contribution < -0.4 is 10.1 Å². The molecule has 2 N–H and O–H groups in total. The van der Waals surface area contributed by atoms with E-state index in [-0.39, 0.29) is 24.5 Å². The van der Waals surface area contributed by atoms with Crippen LogP contribution in [0.5, 0.6) is 5.75 Å². The molecule has 2 aromatic carbocycles. The van der Waals surface area contributed by atoms with Crippen LogP contribution in [0.15, 0.2) is 60.7 Å². The zero-order valence-electron chi connectivity index (χ0n) is 14.6. The van der Waals surface area contributed by atoms with E-state index in [1.807, 2.05) is 67.6 Å². The molecule has 25 heavy (non-hydrogen) atoms. The van der Waals surface area contributed by atoms with Gasteiger partial charge in [0.2, 0.25) is 0 Å². The Morgan fingerprint density at radius 3 is 2.28 bits per heavy atom. The van der Waals surface area contributed by atoms with Gasteiger partial charge in [0, 0.05) is 12.6 Å². The summed E-state index contributed by atoms with van der Waals surface area (Å²) >= 11 is 0. The average molecular weight is 343 g/mol. The summed E-state index contributed by atoms with van der Waals surface area (Å²) in [5, 5.41) is 13.4. The van der Waals surface area contributed by atoms with Crippen molar-refractivity contribution < 1.29 is 19.4 Å². The molecule has 2 rings (SSSR count). The van der Waals surface area contributed by atoms with E-state index in [0.29, 0.717) is 12.3 Å². The lowest BCUT2D eigenvalue weighted by Crippen LogP contribution is -2.38. The lowest BCUT2D eigenvalue weighted by Gasteiger charge is -2.25. The summed E-state index contributed by atoms with van der Waals surface area (Å²) in [6.45, 7) is 2.28. The van der Waals surface area contributed by atoms with Crippen LogP contribution in [0, 0.1) is 5.92 Å². The molecular formula is C20H25NO4.